The van der Waals surface area contributed by atoms with Crippen LogP contribution in [0.2, 0.25) is 0 Å². The maximum atomic E-state index is 11.4. The van der Waals surface area contributed by atoms with Gasteiger partial charge in [-0.25, -0.2) is 0 Å². The molecule has 0 aromatic heterocycles. The topological polar surface area (TPSA) is 71.1 Å². The minimum absolute atomic E-state index is 0.307. The Morgan fingerprint density at radius 1 is 0.850 bits per heavy atom. The van der Waals surface area contributed by atoms with Crippen LogP contribution in [-0.4, -0.2) is 25.5 Å². The van der Waals surface area contributed by atoms with Crippen molar-refractivity contribution in [2.45, 2.75) is 41.5 Å². The van der Waals surface area contributed by atoms with Gasteiger partial charge in [0.2, 0.25) is 0 Å². The van der Waals surface area contributed by atoms with Gasteiger partial charge in [-0.1, -0.05) is 0 Å². The van der Waals surface area contributed by atoms with Crippen LogP contribution in [0.25, 0.3) is 0 Å². The van der Waals surface area contributed by atoms with Crippen LogP contribution in [0.15, 0.2) is 0 Å². The lowest BCUT2D eigenvalue weighted by atomic mass is 9.98. The number of carbonyl (C=O) groups is 2. The molecule has 0 N–H and O–H groups in total. The van der Waals surface area contributed by atoms with Crippen LogP contribution in [0, 0.1) is 10.8 Å². The molecular formula is C12H22ClO6P. The molecule has 8 heteroatoms. The Morgan fingerprint density at radius 3 is 1.40 bits per heavy atom. The van der Waals surface area contributed by atoms with E-state index in [0.717, 1.165) is 0 Å². The van der Waals surface area contributed by atoms with Crippen molar-refractivity contribution in [1.29, 1.82) is 0 Å². The van der Waals surface area contributed by atoms with E-state index < -0.39 is 30.5 Å². The fourth-order valence-corrected chi connectivity index (χ4v) is 1.30. The monoisotopic (exact) mass is 328 g/mol. The van der Waals surface area contributed by atoms with Crippen molar-refractivity contribution >= 4 is 30.9 Å². The molecule has 0 heterocycles. The quantitative estimate of drug-likeness (QED) is 0.421. The highest BCUT2D eigenvalue weighted by Gasteiger charge is 2.24. The summed E-state index contributed by atoms with van der Waals surface area (Å²) in [6.07, 6.45) is 0. The van der Waals surface area contributed by atoms with Crippen molar-refractivity contribution in [2.24, 2.45) is 10.8 Å². The Bertz CT molecular complexity index is 302. The molecule has 0 bridgehead atoms. The van der Waals surface area contributed by atoms with E-state index in [-0.39, 0.29) is 13.6 Å². The summed E-state index contributed by atoms with van der Waals surface area (Å²) < 4.78 is 19.6. The van der Waals surface area contributed by atoms with Gasteiger partial charge in [0.25, 0.3) is 7.73 Å². The van der Waals surface area contributed by atoms with E-state index in [1.807, 2.05) is 0 Å². The fraction of sp³-hybridized carbons (Fsp3) is 0.833. The van der Waals surface area contributed by atoms with Crippen molar-refractivity contribution in [3.8, 4) is 0 Å². The number of halogens is 1. The first-order chi connectivity index (χ1) is 8.94. The van der Waals surface area contributed by atoms with Gasteiger partial charge in [0.05, 0.1) is 10.8 Å². The zero-order valence-corrected chi connectivity index (χ0v) is 14.3. The molecule has 0 aliphatic rings. The van der Waals surface area contributed by atoms with Crippen LogP contribution in [0.4, 0.5) is 0 Å². The van der Waals surface area contributed by atoms with Gasteiger partial charge in [-0.05, 0) is 52.8 Å². The van der Waals surface area contributed by atoms with Gasteiger partial charge in [-0.3, -0.25) is 18.6 Å². The molecule has 0 spiro atoms. The van der Waals surface area contributed by atoms with Gasteiger partial charge in [0.1, 0.15) is 0 Å². The molecule has 0 atom stereocenters. The summed E-state index contributed by atoms with van der Waals surface area (Å²) in [5.41, 5.74) is -1.22. The summed E-state index contributed by atoms with van der Waals surface area (Å²) in [6, 6.07) is 0. The zero-order chi connectivity index (χ0) is 16.0. The van der Waals surface area contributed by atoms with E-state index in [9.17, 15) is 9.59 Å². The van der Waals surface area contributed by atoms with Crippen molar-refractivity contribution in [1.82, 2.24) is 0 Å². The third-order valence-electron chi connectivity index (χ3n) is 1.91. The second-order valence-electron chi connectivity index (χ2n) is 6.07. The number of hydrogen-bond acceptors (Lipinski definition) is 6. The second-order valence-corrected chi connectivity index (χ2v) is 7.84. The third-order valence-corrected chi connectivity index (χ3v) is 3.12. The summed E-state index contributed by atoms with van der Waals surface area (Å²) >= 11 is 5.71. The number of esters is 2. The molecular weight excluding hydrogens is 307 g/mol. The smallest absolute Gasteiger partial charge is 0.313 e. The van der Waals surface area contributed by atoms with Gasteiger partial charge in [-0.15, -0.1) is 0 Å². The van der Waals surface area contributed by atoms with E-state index in [4.69, 9.17) is 29.8 Å². The van der Waals surface area contributed by atoms with Crippen molar-refractivity contribution in [3.05, 3.63) is 0 Å². The second kappa shape index (κ2) is 8.13. The average molecular weight is 329 g/mol. The summed E-state index contributed by atoms with van der Waals surface area (Å²) in [6.45, 7) is 9.73. The summed E-state index contributed by atoms with van der Waals surface area (Å²) in [4.78, 5) is 22.8. The SMILES string of the molecule is CC(C)(C)C(=O)OCOP(Cl)OCOC(=O)C(C)(C)C. The first kappa shape index (κ1) is 19.6. The van der Waals surface area contributed by atoms with Crippen LogP contribution < -0.4 is 0 Å². The highest BCUT2D eigenvalue weighted by Crippen LogP contribution is 2.43. The molecule has 118 valence electrons. The minimum atomic E-state index is -1.80. The van der Waals surface area contributed by atoms with Crippen LogP contribution in [0.1, 0.15) is 41.5 Å². The van der Waals surface area contributed by atoms with E-state index >= 15 is 0 Å². The van der Waals surface area contributed by atoms with E-state index in [1.54, 1.807) is 41.5 Å². The third kappa shape index (κ3) is 8.69. The highest BCUT2D eigenvalue weighted by atomic mass is 35.7. The van der Waals surface area contributed by atoms with Gasteiger partial charge in [0, 0.05) is 0 Å². The molecule has 0 radical (unpaired) electrons. The lowest BCUT2D eigenvalue weighted by Gasteiger charge is -2.18. The Hall–Kier alpha value is -0.420. The molecule has 0 rings (SSSR count). The molecule has 0 unspecified atom stereocenters. The molecule has 20 heavy (non-hydrogen) atoms. The fourth-order valence-electron chi connectivity index (χ4n) is 0.713. The maximum absolute atomic E-state index is 11.4. The largest absolute Gasteiger partial charge is 0.438 e. The Balaban J connectivity index is 3.78. The van der Waals surface area contributed by atoms with E-state index in [0.29, 0.717) is 0 Å². The highest BCUT2D eigenvalue weighted by molar-refractivity contribution is 7.76. The van der Waals surface area contributed by atoms with Crippen LogP contribution >= 0.6 is 19.0 Å². The van der Waals surface area contributed by atoms with Crippen molar-refractivity contribution in [2.75, 3.05) is 13.6 Å². The van der Waals surface area contributed by atoms with Gasteiger partial charge < -0.3 is 9.47 Å². The number of rotatable bonds is 6. The van der Waals surface area contributed by atoms with Crippen molar-refractivity contribution in [3.63, 3.8) is 0 Å². The van der Waals surface area contributed by atoms with Crippen molar-refractivity contribution < 1.29 is 28.1 Å². The molecule has 0 saturated carbocycles. The molecule has 0 amide bonds. The molecule has 0 fully saturated rings. The maximum Gasteiger partial charge on any atom is 0.313 e. The summed E-state index contributed by atoms with van der Waals surface area (Å²) in [5, 5.41) is 0. The normalized spacial score (nSPS) is 12.4. The first-order valence-corrected chi connectivity index (χ1v) is 8.09. The molecule has 0 aliphatic carbocycles. The van der Waals surface area contributed by atoms with Gasteiger partial charge in [-0.2, -0.15) is 0 Å². The van der Waals surface area contributed by atoms with Gasteiger partial charge in [0.15, 0.2) is 13.6 Å². The van der Waals surface area contributed by atoms with Crippen LogP contribution in [0.5, 0.6) is 0 Å². The van der Waals surface area contributed by atoms with E-state index in [2.05, 4.69) is 0 Å². The standard InChI is InChI=1S/C12H22ClO6P/c1-11(2,3)9(14)16-7-18-20(13)19-8-17-10(15)12(4,5)6/h7-8H2,1-6H3. The predicted molar refractivity (Wildman–Crippen MR) is 75.8 cm³/mol. The Morgan fingerprint density at radius 2 is 1.15 bits per heavy atom. The Labute approximate surface area is 125 Å². The van der Waals surface area contributed by atoms with Crippen LogP contribution in [-0.2, 0) is 28.1 Å². The van der Waals surface area contributed by atoms with Gasteiger partial charge >= 0.3 is 11.9 Å². The Kier molecular flexibility index (Phi) is 7.96. The lowest BCUT2D eigenvalue weighted by Crippen LogP contribution is -2.24. The molecule has 0 aromatic rings. The average Bonchev–Trinajstić information content (AvgIpc) is 2.26. The summed E-state index contributed by atoms with van der Waals surface area (Å²) in [5.74, 6) is -0.812. The minimum Gasteiger partial charge on any atom is -0.438 e. The molecule has 0 saturated heterocycles. The number of carbonyl (C=O) groups excluding carboxylic acids is 2. The zero-order valence-electron chi connectivity index (χ0n) is 12.7. The molecule has 0 aromatic carbocycles. The predicted octanol–water partition coefficient (Wildman–Crippen LogP) is 3.58. The number of ether oxygens (including phenoxy) is 2. The molecule has 0 aliphatic heterocycles. The number of hydrogen-bond donors (Lipinski definition) is 0. The van der Waals surface area contributed by atoms with E-state index in [1.165, 1.54) is 0 Å². The molecule has 6 nitrogen and oxygen atoms in total. The lowest BCUT2D eigenvalue weighted by molar-refractivity contribution is -0.161. The summed E-state index contributed by atoms with van der Waals surface area (Å²) in [7, 11) is -1.80. The van der Waals surface area contributed by atoms with Crippen LogP contribution in [0.3, 0.4) is 0 Å². The first-order valence-electron chi connectivity index (χ1n) is 6.01.